The molecule has 1 atom stereocenters. The molecule has 1 saturated heterocycles. The van der Waals surface area contributed by atoms with Gasteiger partial charge in [-0.25, -0.2) is 17.5 Å². The molecule has 0 radical (unpaired) electrons. The van der Waals surface area contributed by atoms with Crippen LogP contribution in [-0.4, -0.2) is 46.7 Å². The molecule has 1 aliphatic heterocycles. The van der Waals surface area contributed by atoms with Gasteiger partial charge >= 0.3 is 0 Å². The molecule has 1 fully saturated rings. The fraction of sp³-hybridized carbons (Fsp3) is 0.350. The maximum absolute atomic E-state index is 12.8. The third-order valence-electron chi connectivity index (χ3n) is 4.42. The second kappa shape index (κ2) is 9.82. The SMILES string of the molecule is O=C(NCCOc1ccc(F)cc1)c1ccc(S(=O)(=O)NCC2CCCO2)cc1. The first-order valence-electron chi connectivity index (χ1n) is 9.32. The molecule has 0 aromatic heterocycles. The van der Waals surface area contributed by atoms with Crippen LogP contribution in [0.2, 0.25) is 0 Å². The van der Waals surface area contributed by atoms with Crippen molar-refractivity contribution < 1.29 is 27.1 Å². The number of ether oxygens (including phenoxy) is 2. The molecule has 1 heterocycles. The zero-order valence-corrected chi connectivity index (χ0v) is 16.6. The first kappa shape index (κ1) is 21.2. The summed E-state index contributed by atoms with van der Waals surface area (Å²) in [6.45, 7) is 1.36. The van der Waals surface area contributed by atoms with E-state index in [0.29, 0.717) is 17.9 Å². The molecule has 29 heavy (non-hydrogen) atoms. The fourth-order valence-electron chi connectivity index (χ4n) is 2.84. The largest absolute Gasteiger partial charge is 0.492 e. The smallest absolute Gasteiger partial charge is 0.251 e. The van der Waals surface area contributed by atoms with E-state index >= 15 is 0 Å². The van der Waals surface area contributed by atoms with Crippen molar-refractivity contribution >= 4 is 15.9 Å². The number of rotatable bonds is 9. The van der Waals surface area contributed by atoms with Crippen LogP contribution in [0, 0.1) is 5.82 Å². The van der Waals surface area contributed by atoms with Crippen LogP contribution in [0.15, 0.2) is 53.4 Å². The maximum Gasteiger partial charge on any atom is 0.251 e. The number of sulfonamides is 1. The third kappa shape index (κ3) is 6.25. The van der Waals surface area contributed by atoms with Crippen molar-refractivity contribution in [3.63, 3.8) is 0 Å². The van der Waals surface area contributed by atoms with Gasteiger partial charge in [-0.1, -0.05) is 0 Å². The highest BCUT2D eigenvalue weighted by Gasteiger charge is 2.20. The number of carbonyl (C=O) groups excluding carboxylic acids is 1. The van der Waals surface area contributed by atoms with Gasteiger partial charge in [-0.15, -0.1) is 0 Å². The Morgan fingerprint density at radius 3 is 2.52 bits per heavy atom. The van der Waals surface area contributed by atoms with Gasteiger partial charge in [0.2, 0.25) is 10.0 Å². The van der Waals surface area contributed by atoms with Crippen molar-refractivity contribution in [1.82, 2.24) is 10.0 Å². The van der Waals surface area contributed by atoms with Gasteiger partial charge in [-0.2, -0.15) is 0 Å². The average molecular weight is 422 g/mol. The molecule has 2 N–H and O–H groups in total. The molecule has 9 heteroatoms. The molecule has 2 aromatic rings. The average Bonchev–Trinajstić information content (AvgIpc) is 3.25. The minimum Gasteiger partial charge on any atom is -0.492 e. The van der Waals surface area contributed by atoms with Crippen molar-refractivity contribution in [2.75, 3.05) is 26.3 Å². The Bertz CT molecular complexity index is 911. The van der Waals surface area contributed by atoms with Crippen molar-refractivity contribution in [3.05, 3.63) is 59.9 Å². The van der Waals surface area contributed by atoms with Gasteiger partial charge in [0.25, 0.3) is 5.91 Å². The van der Waals surface area contributed by atoms with E-state index in [0.717, 1.165) is 12.8 Å². The van der Waals surface area contributed by atoms with E-state index in [1.165, 1.54) is 48.5 Å². The lowest BCUT2D eigenvalue weighted by atomic mass is 10.2. The predicted octanol–water partition coefficient (Wildman–Crippen LogP) is 2.09. The summed E-state index contributed by atoms with van der Waals surface area (Å²) in [5.74, 6) is -0.187. The van der Waals surface area contributed by atoms with E-state index in [-0.39, 0.29) is 42.4 Å². The monoisotopic (exact) mass is 422 g/mol. The van der Waals surface area contributed by atoms with Crippen LogP contribution in [0.5, 0.6) is 5.75 Å². The van der Waals surface area contributed by atoms with Gasteiger partial charge in [0, 0.05) is 18.7 Å². The van der Waals surface area contributed by atoms with Crippen LogP contribution < -0.4 is 14.8 Å². The quantitative estimate of drug-likeness (QED) is 0.604. The molecule has 7 nitrogen and oxygen atoms in total. The molecule has 1 aliphatic rings. The lowest BCUT2D eigenvalue weighted by Crippen LogP contribution is -2.32. The minimum atomic E-state index is -3.65. The summed E-state index contributed by atoms with van der Waals surface area (Å²) in [6.07, 6.45) is 1.68. The van der Waals surface area contributed by atoms with Crippen molar-refractivity contribution in [2.45, 2.75) is 23.8 Å². The van der Waals surface area contributed by atoms with E-state index in [9.17, 15) is 17.6 Å². The van der Waals surface area contributed by atoms with Crippen LogP contribution in [0.25, 0.3) is 0 Å². The maximum atomic E-state index is 12.8. The number of amides is 1. The molecule has 1 unspecified atom stereocenters. The number of carbonyl (C=O) groups is 1. The Morgan fingerprint density at radius 2 is 1.86 bits per heavy atom. The van der Waals surface area contributed by atoms with E-state index in [1.807, 2.05) is 0 Å². The Kier molecular flexibility index (Phi) is 7.18. The first-order chi connectivity index (χ1) is 13.9. The molecular formula is C20H23FN2O5S. The topological polar surface area (TPSA) is 93.7 Å². The molecule has 3 rings (SSSR count). The summed E-state index contributed by atoms with van der Waals surface area (Å²) < 4.78 is 50.8. The number of hydrogen-bond donors (Lipinski definition) is 2. The van der Waals surface area contributed by atoms with E-state index in [2.05, 4.69) is 10.0 Å². The summed E-state index contributed by atoms with van der Waals surface area (Å²) in [5, 5.41) is 2.68. The molecule has 2 aromatic carbocycles. The predicted molar refractivity (Wildman–Crippen MR) is 105 cm³/mol. The van der Waals surface area contributed by atoms with Crippen molar-refractivity contribution in [2.24, 2.45) is 0 Å². The molecule has 0 aliphatic carbocycles. The first-order valence-corrected chi connectivity index (χ1v) is 10.8. The van der Waals surface area contributed by atoms with Crippen LogP contribution in [-0.2, 0) is 14.8 Å². The Hall–Kier alpha value is -2.49. The number of hydrogen-bond acceptors (Lipinski definition) is 5. The van der Waals surface area contributed by atoms with Gasteiger partial charge in [-0.05, 0) is 61.4 Å². The van der Waals surface area contributed by atoms with Crippen LogP contribution in [0.4, 0.5) is 4.39 Å². The fourth-order valence-corrected chi connectivity index (χ4v) is 3.91. The molecular weight excluding hydrogens is 399 g/mol. The second-order valence-corrected chi connectivity index (χ2v) is 8.34. The van der Waals surface area contributed by atoms with Crippen LogP contribution >= 0.6 is 0 Å². The Morgan fingerprint density at radius 1 is 1.14 bits per heavy atom. The Labute approximate surface area is 169 Å². The third-order valence-corrected chi connectivity index (χ3v) is 5.86. The number of nitrogens with one attached hydrogen (secondary N) is 2. The number of halogens is 1. The van der Waals surface area contributed by atoms with Gasteiger partial charge in [0.1, 0.15) is 18.2 Å². The molecule has 0 spiro atoms. The normalized spacial score (nSPS) is 16.5. The minimum absolute atomic E-state index is 0.0895. The van der Waals surface area contributed by atoms with Crippen LogP contribution in [0.3, 0.4) is 0 Å². The van der Waals surface area contributed by atoms with Gasteiger partial charge in [-0.3, -0.25) is 4.79 Å². The standard InChI is InChI=1S/C20H23FN2O5S/c21-16-5-7-17(8-6-16)28-13-11-22-20(24)15-3-9-19(10-4-15)29(25,26)23-14-18-2-1-12-27-18/h3-10,18,23H,1-2,11-14H2,(H,22,24). The van der Waals surface area contributed by atoms with Crippen LogP contribution in [0.1, 0.15) is 23.2 Å². The second-order valence-electron chi connectivity index (χ2n) is 6.57. The lowest BCUT2D eigenvalue weighted by molar-refractivity contribution is 0.0947. The molecule has 0 saturated carbocycles. The lowest BCUT2D eigenvalue weighted by Gasteiger charge is -2.12. The highest BCUT2D eigenvalue weighted by atomic mass is 32.2. The van der Waals surface area contributed by atoms with Crippen molar-refractivity contribution in [1.29, 1.82) is 0 Å². The van der Waals surface area contributed by atoms with Gasteiger partial charge < -0.3 is 14.8 Å². The van der Waals surface area contributed by atoms with Gasteiger partial charge in [0.05, 0.1) is 17.5 Å². The van der Waals surface area contributed by atoms with Crippen molar-refractivity contribution in [3.8, 4) is 5.75 Å². The summed E-state index contributed by atoms with van der Waals surface area (Å²) in [7, 11) is -3.65. The summed E-state index contributed by atoms with van der Waals surface area (Å²) in [6, 6.07) is 11.3. The summed E-state index contributed by atoms with van der Waals surface area (Å²) in [5.41, 5.74) is 0.338. The Balaban J connectivity index is 1.45. The highest BCUT2D eigenvalue weighted by molar-refractivity contribution is 7.89. The zero-order chi connectivity index (χ0) is 20.7. The molecule has 1 amide bonds. The van der Waals surface area contributed by atoms with E-state index < -0.39 is 10.0 Å². The number of benzene rings is 2. The van der Waals surface area contributed by atoms with E-state index in [4.69, 9.17) is 9.47 Å². The summed E-state index contributed by atoms with van der Waals surface area (Å²) >= 11 is 0. The van der Waals surface area contributed by atoms with E-state index in [1.54, 1.807) is 0 Å². The highest BCUT2D eigenvalue weighted by Crippen LogP contribution is 2.14. The molecule has 0 bridgehead atoms. The molecule has 156 valence electrons. The summed E-state index contributed by atoms with van der Waals surface area (Å²) in [4.78, 5) is 12.3. The zero-order valence-electron chi connectivity index (χ0n) is 15.8. The van der Waals surface area contributed by atoms with Gasteiger partial charge in [0.15, 0.2) is 0 Å².